The molecule has 0 bridgehead atoms. The first-order valence-corrected chi connectivity index (χ1v) is 14.9. The van der Waals surface area contributed by atoms with Crippen LogP contribution in [0.2, 0.25) is 0 Å². The Morgan fingerprint density at radius 3 is 2.41 bits per heavy atom. The average Bonchev–Trinajstić information content (AvgIpc) is 2.87. The van der Waals surface area contributed by atoms with E-state index in [1.807, 2.05) is 12.1 Å². The van der Waals surface area contributed by atoms with Crippen LogP contribution in [0.15, 0.2) is 52.9 Å². The number of rotatable bonds is 11. The number of aryl methyl sites for hydroxylation is 1. The van der Waals surface area contributed by atoms with Gasteiger partial charge in [0.1, 0.15) is 16.7 Å². The molecule has 9 heteroatoms. The lowest BCUT2D eigenvalue weighted by Crippen LogP contribution is -2.50. The molecule has 2 aliphatic heterocycles. The first kappa shape index (κ1) is 31.2. The molecule has 1 N–H and O–H groups in total. The summed E-state index contributed by atoms with van der Waals surface area (Å²) in [6.45, 7) is 7.99. The second-order valence-corrected chi connectivity index (χ2v) is 12.5. The Kier molecular flexibility index (Phi) is 11.1. The zero-order chi connectivity index (χ0) is 27.2. The number of sulfonamides is 1. The van der Waals surface area contributed by atoms with Crippen molar-refractivity contribution >= 4 is 15.9 Å². The van der Waals surface area contributed by atoms with Crippen LogP contribution in [-0.2, 0) is 32.3 Å². The lowest BCUT2D eigenvalue weighted by atomic mass is 9.91. The maximum absolute atomic E-state index is 14.4. The summed E-state index contributed by atoms with van der Waals surface area (Å²) in [5, 5.41) is 8.68. The fourth-order valence-corrected chi connectivity index (χ4v) is 7.00. The quantitative estimate of drug-likeness (QED) is 0.426. The van der Waals surface area contributed by atoms with Crippen molar-refractivity contribution in [2.24, 2.45) is 4.40 Å². The van der Waals surface area contributed by atoms with E-state index in [2.05, 4.69) is 21.4 Å². The van der Waals surface area contributed by atoms with Gasteiger partial charge >= 0.3 is 0 Å². The highest BCUT2D eigenvalue weighted by molar-refractivity contribution is 7.91. The summed E-state index contributed by atoms with van der Waals surface area (Å²) in [5.41, 5.74) is 1.53. The zero-order valence-electron chi connectivity index (χ0n) is 22.3. The molecule has 0 amide bonds. The molecule has 216 valence electrons. The lowest BCUT2D eigenvalue weighted by molar-refractivity contribution is 0.0374. The number of nitrogens with zero attached hydrogens (tertiary/aromatic N) is 2. The van der Waals surface area contributed by atoms with Crippen LogP contribution >= 0.6 is 0 Å². The smallest absolute Gasteiger partial charge is 0.263 e. The van der Waals surface area contributed by atoms with E-state index in [9.17, 15) is 17.9 Å². The summed E-state index contributed by atoms with van der Waals surface area (Å²) < 4.78 is 56.6. The van der Waals surface area contributed by atoms with Gasteiger partial charge in [0, 0.05) is 26.1 Å². The number of hydrogen-bond donors (Lipinski definition) is 1. The van der Waals surface area contributed by atoms with Gasteiger partial charge in [0.25, 0.3) is 10.0 Å². The number of hydrogen-bond acceptors (Lipinski definition) is 6. The number of morpholine rings is 1. The van der Waals surface area contributed by atoms with Crippen LogP contribution in [0.5, 0.6) is 0 Å². The van der Waals surface area contributed by atoms with E-state index in [0.29, 0.717) is 5.56 Å². The molecule has 2 atom stereocenters. The van der Waals surface area contributed by atoms with Crippen molar-refractivity contribution in [2.45, 2.75) is 70.1 Å². The molecule has 0 spiro atoms. The molecule has 7 nitrogen and oxygen atoms in total. The number of halogens is 1. The largest absolute Gasteiger partial charge is 0.473 e. The molecule has 0 aromatic heterocycles. The molecule has 2 heterocycles. The highest BCUT2D eigenvalue weighted by Crippen LogP contribution is 2.35. The second-order valence-electron chi connectivity index (χ2n) is 10.7. The van der Waals surface area contributed by atoms with Gasteiger partial charge in [-0.05, 0) is 74.8 Å². The zero-order valence-corrected chi connectivity index (χ0v) is 23.1. The van der Waals surface area contributed by atoms with Crippen molar-refractivity contribution in [1.82, 2.24) is 4.90 Å². The fourth-order valence-electron chi connectivity index (χ4n) is 5.31. The van der Waals surface area contributed by atoms with E-state index in [1.54, 1.807) is 32.0 Å². The van der Waals surface area contributed by atoms with E-state index in [4.69, 9.17) is 9.47 Å². The predicted molar refractivity (Wildman–Crippen MR) is 153 cm³/mol. The summed E-state index contributed by atoms with van der Waals surface area (Å²) in [6, 6.07) is 14.4. The summed E-state index contributed by atoms with van der Waals surface area (Å²) in [6.07, 6.45) is 2.69. The number of aliphatic hydroxyl groups excluding tert-OH is 1. The summed E-state index contributed by atoms with van der Waals surface area (Å²) in [7, 11) is -3.88. The molecule has 1 saturated heterocycles. The Labute approximate surface area is 233 Å². The molecular formula is C30H43FN2O5S. The molecule has 0 saturated carbocycles. The predicted octanol–water partition coefficient (Wildman–Crippen LogP) is 4.73. The fraction of sp³-hybridized carbons (Fsp3) is 0.567. The van der Waals surface area contributed by atoms with E-state index in [1.165, 1.54) is 11.6 Å². The molecule has 4 rings (SSSR count). The molecule has 39 heavy (non-hydrogen) atoms. The highest BCUT2D eigenvalue weighted by atomic mass is 32.2. The van der Waals surface area contributed by atoms with Gasteiger partial charge in [-0.1, -0.05) is 49.9 Å². The van der Waals surface area contributed by atoms with Gasteiger partial charge in [0.2, 0.25) is 5.90 Å². The molecule has 1 unspecified atom stereocenters. The van der Waals surface area contributed by atoms with E-state index >= 15 is 0 Å². The van der Waals surface area contributed by atoms with Gasteiger partial charge in [-0.3, -0.25) is 4.90 Å². The average molecular weight is 563 g/mol. The minimum atomic E-state index is -3.88. The maximum atomic E-state index is 14.4. The van der Waals surface area contributed by atoms with Gasteiger partial charge in [0.15, 0.2) is 0 Å². The Morgan fingerprint density at radius 1 is 1.10 bits per heavy atom. The third kappa shape index (κ3) is 8.33. The normalized spacial score (nSPS) is 21.3. The van der Waals surface area contributed by atoms with Crippen molar-refractivity contribution in [3.05, 3.63) is 71.0 Å². The minimum Gasteiger partial charge on any atom is -0.473 e. The standard InChI is InChI=1S/C29H39FN2O5S.CH4/c1-29(2)27(20-23-11-9-22(10-12-23)6-5-14-32-15-18-36-19-16-32)38(34,35)31-28(37-29)21-24(13-17-33)25-7-3-4-8-26(25)30;/h3-4,7-12,24,27,33H,5-6,13-21H2,1-2H3;1H4/t24-,27?;/m1./s1. The first-order chi connectivity index (χ1) is 18.2. The van der Waals surface area contributed by atoms with Crippen molar-refractivity contribution in [3.63, 3.8) is 0 Å². The van der Waals surface area contributed by atoms with Crippen LogP contribution in [0.25, 0.3) is 0 Å². The van der Waals surface area contributed by atoms with Crippen LogP contribution < -0.4 is 0 Å². The molecule has 2 aromatic carbocycles. The molecular weight excluding hydrogens is 519 g/mol. The van der Waals surface area contributed by atoms with Crippen molar-refractivity contribution in [3.8, 4) is 0 Å². The van der Waals surface area contributed by atoms with Gasteiger partial charge < -0.3 is 14.6 Å². The van der Waals surface area contributed by atoms with Gasteiger partial charge in [-0.25, -0.2) is 12.8 Å². The minimum absolute atomic E-state index is 0. The van der Waals surface area contributed by atoms with Gasteiger partial charge in [0.05, 0.1) is 13.2 Å². The molecule has 0 aliphatic carbocycles. The van der Waals surface area contributed by atoms with Crippen LogP contribution in [0.4, 0.5) is 4.39 Å². The Hall–Kier alpha value is -2.33. The van der Waals surface area contributed by atoms with Crippen LogP contribution in [0.1, 0.15) is 63.1 Å². The Bertz CT molecular complexity index is 1190. The molecule has 0 radical (unpaired) electrons. The third-order valence-corrected chi connectivity index (χ3v) is 9.39. The van der Waals surface area contributed by atoms with E-state index in [0.717, 1.165) is 51.3 Å². The van der Waals surface area contributed by atoms with Gasteiger partial charge in [-0.15, -0.1) is 4.40 Å². The van der Waals surface area contributed by atoms with Gasteiger partial charge in [-0.2, -0.15) is 0 Å². The SMILES string of the molecule is C.CC1(C)OC(C[C@@H](CCO)c2ccccc2F)=NS(=O)(=O)C1Cc1ccc(CCCN2CCOCC2)cc1. The van der Waals surface area contributed by atoms with Crippen LogP contribution in [0, 0.1) is 5.82 Å². The summed E-state index contributed by atoms with van der Waals surface area (Å²) >= 11 is 0. The lowest BCUT2D eigenvalue weighted by Gasteiger charge is -2.38. The van der Waals surface area contributed by atoms with Crippen molar-refractivity contribution in [1.29, 1.82) is 0 Å². The van der Waals surface area contributed by atoms with Crippen molar-refractivity contribution < 1.29 is 27.4 Å². The number of benzene rings is 2. The topological polar surface area (TPSA) is 88.4 Å². The number of ether oxygens (including phenoxy) is 2. The Morgan fingerprint density at radius 2 is 1.77 bits per heavy atom. The first-order valence-electron chi connectivity index (χ1n) is 13.4. The molecule has 1 fully saturated rings. The summed E-state index contributed by atoms with van der Waals surface area (Å²) in [4.78, 5) is 2.42. The highest BCUT2D eigenvalue weighted by Gasteiger charge is 2.46. The second kappa shape index (κ2) is 13.8. The van der Waals surface area contributed by atoms with Crippen LogP contribution in [0.3, 0.4) is 0 Å². The maximum Gasteiger partial charge on any atom is 0.263 e. The third-order valence-electron chi connectivity index (χ3n) is 7.48. The monoisotopic (exact) mass is 562 g/mol. The van der Waals surface area contributed by atoms with E-state index < -0.39 is 32.6 Å². The summed E-state index contributed by atoms with van der Waals surface area (Å²) in [5.74, 6) is -0.784. The molecule has 2 aromatic rings. The number of aliphatic hydroxyl groups is 1. The van der Waals surface area contributed by atoms with Crippen LogP contribution in [-0.4, -0.2) is 74.6 Å². The van der Waals surface area contributed by atoms with E-state index in [-0.39, 0.29) is 39.2 Å². The Balaban J connectivity index is 0.00000420. The van der Waals surface area contributed by atoms with Crippen molar-refractivity contribution in [2.75, 3.05) is 39.5 Å². The molecule has 2 aliphatic rings.